The van der Waals surface area contributed by atoms with E-state index in [2.05, 4.69) is 9.97 Å². The van der Waals surface area contributed by atoms with Gasteiger partial charge in [0.15, 0.2) is 0 Å². The van der Waals surface area contributed by atoms with Gasteiger partial charge in [0.1, 0.15) is 10.3 Å². The highest BCUT2D eigenvalue weighted by Crippen LogP contribution is 2.44. The summed E-state index contributed by atoms with van der Waals surface area (Å²) in [5.74, 6) is 0.111. The van der Waals surface area contributed by atoms with Gasteiger partial charge in [-0.2, -0.15) is 0 Å². The van der Waals surface area contributed by atoms with Crippen LogP contribution in [0.1, 0.15) is 43.0 Å². The first-order valence-corrected chi connectivity index (χ1v) is 12.3. The summed E-state index contributed by atoms with van der Waals surface area (Å²) in [6.45, 7) is 5.38. The lowest BCUT2D eigenvalue weighted by molar-refractivity contribution is 0.218. The van der Waals surface area contributed by atoms with Gasteiger partial charge in [-0.1, -0.05) is 50.6 Å². The number of aliphatic hydroxyl groups is 1. The van der Waals surface area contributed by atoms with Gasteiger partial charge in [0.2, 0.25) is 16.0 Å². The van der Waals surface area contributed by atoms with Crippen molar-refractivity contribution in [2.75, 3.05) is 12.3 Å². The van der Waals surface area contributed by atoms with Crippen LogP contribution in [0.3, 0.4) is 0 Å². The average Bonchev–Trinajstić information content (AvgIpc) is 3.15. The van der Waals surface area contributed by atoms with Crippen LogP contribution in [0.15, 0.2) is 30.5 Å². The van der Waals surface area contributed by atoms with Crippen molar-refractivity contribution < 1.29 is 13.5 Å². The van der Waals surface area contributed by atoms with Crippen LogP contribution in [0.2, 0.25) is 5.02 Å². The van der Waals surface area contributed by atoms with Gasteiger partial charge in [-0.25, -0.2) is 28.5 Å². The molecule has 0 saturated carbocycles. The fraction of sp³-hybridized carbons (Fsp3) is 0.350. The molecule has 0 amide bonds. The molecule has 11 heteroatoms. The van der Waals surface area contributed by atoms with E-state index < -0.39 is 20.7 Å². The monoisotopic (exact) mass is 481 g/mol. The van der Waals surface area contributed by atoms with Crippen LogP contribution >= 0.6 is 22.9 Å². The second-order valence-electron chi connectivity index (χ2n) is 7.73. The maximum Gasteiger partial charge on any atom is 0.220 e. The highest BCUT2D eigenvalue weighted by molar-refractivity contribution is 7.89. The number of halogens is 1. The van der Waals surface area contributed by atoms with Gasteiger partial charge in [-0.05, 0) is 18.1 Å². The number of hydrogen-bond acceptors (Lipinski definition) is 8. The number of thiazole rings is 1. The Morgan fingerprint density at radius 2 is 1.97 bits per heavy atom. The zero-order chi connectivity index (χ0) is 23.0. The second kappa shape index (κ2) is 8.79. The largest absolute Gasteiger partial charge is 0.395 e. The van der Waals surface area contributed by atoms with Crippen molar-refractivity contribution in [2.45, 2.75) is 37.9 Å². The third-order valence-corrected chi connectivity index (χ3v) is 8.15. The molecule has 0 fully saturated rings. The number of anilines is 1. The number of aliphatic hydroxyl groups excluding tert-OH is 1. The molecule has 0 spiro atoms. The Kier molecular flexibility index (Phi) is 6.68. The van der Waals surface area contributed by atoms with Crippen LogP contribution in [0.5, 0.6) is 0 Å². The Hall–Kier alpha value is -2.11. The topological polar surface area (TPSA) is 145 Å². The molecule has 0 radical (unpaired) electrons. The Labute approximate surface area is 190 Å². The van der Waals surface area contributed by atoms with E-state index in [1.807, 2.05) is 13.8 Å². The molecule has 2 aromatic heterocycles. The fourth-order valence-corrected chi connectivity index (χ4v) is 5.71. The minimum absolute atomic E-state index is 0.109. The molecule has 3 rings (SSSR count). The molecule has 2 heterocycles. The molecule has 0 aliphatic carbocycles. The van der Waals surface area contributed by atoms with Gasteiger partial charge < -0.3 is 10.8 Å². The van der Waals surface area contributed by atoms with Crippen molar-refractivity contribution in [3.05, 3.63) is 46.1 Å². The highest BCUT2D eigenvalue weighted by atomic mass is 35.5. The molecule has 5 N–H and O–H groups in total. The van der Waals surface area contributed by atoms with Crippen LogP contribution in [0.25, 0.3) is 21.8 Å². The Morgan fingerprint density at radius 1 is 1.26 bits per heavy atom. The van der Waals surface area contributed by atoms with E-state index >= 15 is 0 Å². The van der Waals surface area contributed by atoms with E-state index in [1.54, 1.807) is 37.4 Å². The third-order valence-electron chi connectivity index (χ3n) is 4.91. The summed E-state index contributed by atoms with van der Waals surface area (Å²) >= 11 is 8.07. The number of nitrogens with two attached hydrogens (primary N) is 2. The van der Waals surface area contributed by atoms with E-state index in [1.165, 1.54) is 11.3 Å². The molecule has 0 saturated heterocycles. The summed E-state index contributed by atoms with van der Waals surface area (Å²) in [4.78, 5) is 13.7. The van der Waals surface area contributed by atoms with Crippen LogP contribution in [-0.2, 0) is 15.4 Å². The summed E-state index contributed by atoms with van der Waals surface area (Å²) in [6.07, 6.45) is 1.82. The number of hydrogen-bond donors (Lipinski definition) is 3. The predicted octanol–water partition coefficient (Wildman–Crippen LogP) is 3.51. The lowest BCUT2D eigenvalue weighted by Crippen LogP contribution is -2.22. The van der Waals surface area contributed by atoms with Crippen LogP contribution in [0.4, 0.5) is 5.95 Å². The van der Waals surface area contributed by atoms with Crippen molar-refractivity contribution in [3.8, 4) is 21.8 Å². The first kappa shape index (κ1) is 23.6. The number of nitrogens with zero attached hydrogens (tertiary/aromatic N) is 3. The van der Waals surface area contributed by atoms with Gasteiger partial charge in [-0.15, -0.1) is 11.3 Å². The number of primary sulfonamides is 1. The molecule has 0 aliphatic rings. The molecule has 166 valence electrons. The molecule has 1 atom stereocenters. The van der Waals surface area contributed by atoms with Crippen LogP contribution < -0.4 is 10.9 Å². The van der Waals surface area contributed by atoms with Gasteiger partial charge in [0.25, 0.3) is 0 Å². The van der Waals surface area contributed by atoms with Gasteiger partial charge in [0, 0.05) is 17.2 Å². The number of aromatic nitrogens is 3. The van der Waals surface area contributed by atoms with Gasteiger partial charge in [0.05, 0.1) is 27.9 Å². The van der Waals surface area contributed by atoms with Crippen molar-refractivity contribution >= 4 is 38.9 Å². The minimum Gasteiger partial charge on any atom is -0.395 e. The van der Waals surface area contributed by atoms with Crippen LogP contribution in [0, 0.1) is 0 Å². The smallest absolute Gasteiger partial charge is 0.220 e. The molecular formula is C20H24ClN5O3S2. The highest BCUT2D eigenvalue weighted by Gasteiger charge is 2.30. The fourth-order valence-electron chi connectivity index (χ4n) is 3.14. The molecule has 3 aromatic rings. The Bertz CT molecular complexity index is 1210. The van der Waals surface area contributed by atoms with E-state index in [4.69, 9.17) is 27.5 Å². The number of rotatable bonds is 7. The second-order valence-corrected chi connectivity index (χ2v) is 10.9. The SMILES string of the molecule is CCC(c1cccc(-c2nc(C(C)(C)CO)sc2-c2ccnc(N)n2)c1Cl)S(N)(=O)=O. The van der Waals surface area contributed by atoms with E-state index in [-0.39, 0.29) is 24.0 Å². The van der Waals surface area contributed by atoms with Crippen molar-refractivity contribution in [3.63, 3.8) is 0 Å². The van der Waals surface area contributed by atoms with Gasteiger partial charge in [-0.3, -0.25) is 0 Å². The molecule has 8 nitrogen and oxygen atoms in total. The maximum atomic E-state index is 12.1. The first-order valence-electron chi connectivity index (χ1n) is 9.51. The molecule has 31 heavy (non-hydrogen) atoms. The summed E-state index contributed by atoms with van der Waals surface area (Å²) in [6, 6.07) is 6.84. The lowest BCUT2D eigenvalue weighted by atomic mass is 9.96. The number of nitrogen functional groups attached to an aromatic ring is 1. The quantitative estimate of drug-likeness (QED) is 0.468. The molecular weight excluding hydrogens is 458 g/mol. The number of benzene rings is 1. The normalized spacial score (nSPS) is 13.4. The summed E-state index contributed by atoms with van der Waals surface area (Å²) in [5.41, 5.74) is 7.21. The molecule has 0 aliphatic heterocycles. The standard InChI is InChI=1S/C20H24ClN5O3S2/c1-4-14(31(23,28)29)11-6-5-7-12(15(11)21)16-17(13-8-9-24-19(22)25-13)30-18(26-16)20(2,3)10-27/h5-9,14,27H,4,10H2,1-3H3,(H2,22,24,25)(H2,23,28,29). The van der Waals surface area contributed by atoms with Gasteiger partial charge >= 0.3 is 0 Å². The zero-order valence-electron chi connectivity index (χ0n) is 17.3. The molecule has 0 bridgehead atoms. The molecule has 1 unspecified atom stereocenters. The van der Waals surface area contributed by atoms with E-state index in [9.17, 15) is 13.5 Å². The summed E-state index contributed by atoms with van der Waals surface area (Å²) in [5, 5.41) is 15.3. The molecule has 1 aromatic carbocycles. The Morgan fingerprint density at radius 3 is 2.55 bits per heavy atom. The minimum atomic E-state index is -3.85. The van der Waals surface area contributed by atoms with Crippen molar-refractivity contribution in [2.24, 2.45) is 5.14 Å². The van der Waals surface area contributed by atoms with Crippen LogP contribution in [-0.4, -0.2) is 35.1 Å². The summed E-state index contributed by atoms with van der Waals surface area (Å²) in [7, 11) is -3.85. The van der Waals surface area contributed by atoms with E-state index in [0.717, 1.165) is 0 Å². The summed E-state index contributed by atoms with van der Waals surface area (Å²) < 4.78 is 24.2. The maximum absolute atomic E-state index is 12.1. The zero-order valence-corrected chi connectivity index (χ0v) is 19.7. The number of sulfonamides is 1. The predicted molar refractivity (Wildman–Crippen MR) is 124 cm³/mol. The van der Waals surface area contributed by atoms with E-state index in [0.29, 0.717) is 32.4 Å². The lowest BCUT2D eigenvalue weighted by Gasteiger charge is -2.18. The van der Waals surface area contributed by atoms with Crippen molar-refractivity contribution in [1.82, 2.24) is 15.0 Å². The van der Waals surface area contributed by atoms with Crippen molar-refractivity contribution in [1.29, 1.82) is 0 Å². The third kappa shape index (κ3) is 4.73. The average molecular weight is 482 g/mol. The first-order chi connectivity index (χ1) is 14.5. The Balaban J connectivity index is 2.29.